The second-order valence-corrected chi connectivity index (χ2v) is 7.72. The molecule has 0 aromatic heterocycles. The fraction of sp³-hybridized carbons (Fsp3) is 0.550. The van der Waals surface area contributed by atoms with E-state index in [1.165, 1.54) is 0 Å². The van der Waals surface area contributed by atoms with Crippen LogP contribution in [0.5, 0.6) is 0 Å². The summed E-state index contributed by atoms with van der Waals surface area (Å²) in [7, 11) is 0. The molecule has 2 aliphatic heterocycles. The minimum atomic E-state index is -0.530. The molecule has 2 fully saturated rings. The Balaban J connectivity index is 1.32. The molecule has 1 spiro atoms. The fourth-order valence-corrected chi connectivity index (χ4v) is 4.21. The number of amides is 1. The van der Waals surface area contributed by atoms with Gasteiger partial charge in [-0.3, -0.25) is 9.59 Å². The van der Waals surface area contributed by atoms with Gasteiger partial charge >= 0.3 is 5.97 Å². The number of ether oxygens (including phenoxy) is 2. The monoisotopic (exact) mass is 357 g/mol. The van der Waals surface area contributed by atoms with Gasteiger partial charge in [0, 0.05) is 24.6 Å². The molecule has 3 aliphatic rings. The highest BCUT2D eigenvalue weighted by Crippen LogP contribution is 2.51. The third kappa shape index (κ3) is 3.38. The van der Waals surface area contributed by atoms with Crippen molar-refractivity contribution in [1.29, 1.82) is 0 Å². The molecule has 1 amide bonds. The van der Waals surface area contributed by atoms with Crippen LogP contribution in [0.1, 0.15) is 48.0 Å². The molecule has 1 aromatic rings. The Morgan fingerprint density at radius 3 is 2.88 bits per heavy atom. The topological polar surface area (TPSA) is 81.7 Å². The summed E-state index contributed by atoms with van der Waals surface area (Å²) in [6, 6.07) is 5.17. The Hall–Kier alpha value is -2.21. The average molecular weight is 357 g/mol. The molecule has 138 valence electrons. The lowest BCUT2D eigenvalue weighted by atomic mass is 9.60. The maximum atomic E-state index is 12.3. The summed E-state index contributed by atoms with van der Waals surface area (Å²) in [5.74, 6) is -0.605. The van der Waals surface area contributed by atoms with E-state index in [4.69, 9.17) is 9.47 Å². The van der Waals surface area contributed by atoms with Gasteiger partial charge in [0.25, 0.3) is 0 Å². The number of nitrogens with one attached hydrogen (secondary N) is 1. The number of hydrogen-bond donors (Lipinski definition) is 1. The lowest BCUT2D eigenvalue weighted by Gasteiger charge is -2.43. The van der Waals surface area contributed by atoms with Crippen LogP contribution in [0.4, 0.5) is 5.69 Å². The van der Waals surface area contributed by atoms with Gasteiger partial charge in [0.2, 0.25) is 5.91 Å². The van der Waals surface area contributed by atoms with Crippen molar-refractivity contribution < 1.29 is 23.9 Å². The van der Waals surface area contributed by atoms with Crippen LogP contribution in [0, 0.1) is 11.3 Å². The van der Waals surface area contributed by atoms with Crippen molar-refractivity contribution in [3.05, 3.63) is 29.3 Å². The SMILES string of the molecule is O=C1CCCc2ccc(C(=O)OCC(=O)C3CC4(CCOC4)C3)cc2N1. The fourth-order valence-electron chi connectivity index (χ4n) is 4.21. The molecular formula is C20H23NO5. The maximum absolute atomic E-state index is 12.3. The molecule has 6 nitrogen and oxygen atoms in total. The van der Waals surface area contributed by atoms with Crippen LogP contribution in [-0.4, -0.2) is 37.5 Å². The number of hydrogen-bond acceptors (Lipinski definition) is 5. The Morgan fingerprint density at radius 1 is 1.27 bits per heavy atom. The molecule has 0 unspecified atom stereocenters. The molecule has 4 rings (SSSR count). The first-order chi connectivity index (χ1) is 12.5. The third-order valence-electron chi connectivity index (χ3n) is 5.81. The number of aryl methyl sites for hydroxylation is 1. The Morgan fingerprint density at radius 2 is 2.12 bits per heavy atom. The zero-order valence-electron chi connectivity index (χ0n) is 14.7. The second kappa shape index (κ2) is 6.83. The summed E-state index contributed by atoms with van der Waals surface area (Å²) in [6.45, 7) is 1.34. The molecular weight excluding hydrogens is 334 g/mol. The van der Waals surface area contributed by atoms with Crippen LogP contribution in [0.15, 0.2) is 18.2 Å². The largest absolute Gasteiger partial charge is 0.454 e. The molecule has 1 N–H and O–H groups in total. The number of esters is 1. The molecule has 0 radical (unpaired) electrons. The number of ketones is 1. The lowest BCUT2D eigenvalue weighted by molar-refractivity contribution is -0.133. The van der Waals surface area contributed by atoms with E-state index in [1.807, 2.05) is 6.07 Å². The molecule has 1 saturated heterocycles. The quantitative estimate of drug-likeness (QED) is 0.838. The van der Waals surface area contributed by atoms with E-state index in [0.717, 1.165) is 50.9 Å². The average Bonchev–Trinajstić information content (AvgIpc) is 3.01. The van der Waals surface area contributed by atoms with E-state index in [9.17, 15) is 14.4 Å². The van der Waals surface area contributed by atoms with E-state index in [1.54, 1.807) is 12.1 Å². The standard InChI is InChI=1S/C20H23NO5/c22-17(15-9-20(10-15)6-7-25-12-20)11-26-19(24)14-5-4-13-2-1-3-18(23)21-16(13)8-14/h4-5,8,15H,1-3,6-7,9-12H2,(H,21,23). The first-order valence-electron chi connectivity index (χ1n) is 9.25. The zero-order valence-corrected chi connectivity index (χ0v) is 14.7. The summed E-state index contributed by atoms with van der Waals surface area (Å²) in [6.07, 6.45) is 4.79. The number of benzene rings is 1. The highest BCUT2D eigenvalue weighted by molar-refractivity contribution is 5.96. The number of anilines is 1. The van der Waals surface area contributed by atoms with Crippen LogP contribution < -0.4 is 5.32 Å². The van der Waals surface area contributed by atoms with Gasteiger partial charge in [0.15, 0.2) is 12.4 Å². The van der Waals surface area contributed by atoms with Gasteiger partial charge < -0.3 is 14.8 Å². The van der Waals surface area contributed by atoms with E-state index < -0.39 is 5.97 Å². The predicted octanol–water partition coefficient (Wildman–Crippen LogP) is 2.50. The molecule has 1 saturated carbocycles. The third-order valence-corrected chi connectivity index (χ3v) is 5.81. The lowest BCUT2D eigenvalue weighted by Crippen LogP contribution is -2.42. The normalized spacial score (nSPS) is 27.2. The maximum Gasteiger partial charge on any atom is 0.338 e. The second-order valence-electron chi connectivity index (χ2n) is 7.72. The van der Waals surface area contributed by atoms with Gasteiger partial charge in [-0.1, -0.05) is 6.07 Å². The summed E-state index contributed by atoms with van der Waals surface area (Å²) in [5.41, 5.74) is 2.23. The summed E-state index contributed by atoms with van der Waals surface area (Å²) in [5, 5.41) is 2.82. The summed E-state index contributed by atoms with van der Waals surface area (Å²) in [4.78, 5) is 36.2. The molecule has 6 heteroatoms. The van der Waals surface area contributed by atoms with Crippen LogP contribution in [0.3, 0.4) is 0 Å². The van der Waals surface area contributed by atoms with Crippen molar-refractivity contribution in [2.24, 2.45) is 11.3 Å². The molecule has 1 aliphatic carbocycles. The summed E-state index contributed by atoms with van der Waals surface area (Å²) < 4.78 is 10.6. The van der Waals surface area contributed by atoms with Gasteiger partial charge in [-0.25, -0.2) is 4.79 Å². The van der Waals surface area contributed by atoms with Gasteiger partial charge in [0.05, 0.1) is 12.2 Å². The van der Waals surface area contributed by atoms with Crippen molar-refractivity contribution in [2.45, 2.75) is 38.5 Å². The van der Waals surface area contributed by atoms with Gasteiger partial charge in [0.1, 0.15) is 0 Å². The van der Waals surface area contributed by atoms with Crippen molar-refractivity contribution in [1.82, 2.24) is 0 Å². The highest BCUT2D eigenvalue weighted by Gasteiger charge is 2.49. The minimum Gasteiger partial charge on any atom is -0.454 e. The molecule has 2 heterocycles. The molecule has 0 atom stereocenters. The number of rotatable bonds is 4. The van der Waals surface area contributed by atoms with Crippen LogP contribution >= 0.6 is 0 Å². The minimum absolute atomic E-state index is 0.0149. The van der Waals surface area contributed by atoms with Crippen molar-refractivity contribution in [2.75, 3.05) is 25.1 Å². The van der Waals surface area contributed by atoms with Gasteiger partial charge in [-0.2, -0.15) is 0 Å². The first-order valence-corrected chi connectivity index (χ1v) is 9.25. The van der Waals surface area contributed by atoms with Crippen LogP contribution in [0.2, 0.25) is 0 Å². The predicted molar refractivity (Wildman–Crippen MR) is 93.9 cm³/mol. The van der Waals surface area contributed by atoms with Crippen molar-refractivity contribution in [3.8, 4) is 0 Å². The number of carbonyl (C=O) groups excluding carboxylic acids is 3. The Labute approximate surface area is 152 Å². The van der Waals surface area contributed by atoms with E-state index in [0.29, 0.717) is 17.7 Å². The van der Waals surface area contributed by atoms with Crippen LogP contribution in [0.25, 0.3) is 0 Å². The zero-order chi connectivity index (χ0) is 18.1. The van der Waals surface area contributed by atoms with E-state index in [2.05, 4.69) is 5.32 Å². The molecule has 0 bridgehead atoms. The first kappa shape index (κ1) is 17.2. The Bertz CT molecular complexity index is 743. The summed E-state index contributed by atoms with van der Waals surface area (Å²) >= 11 is 0. The number of carbonyl (C=O) groups is 3. The van der Waals surface area contributed by atoms with E-state index in [-0.39, 0.29) is 29.6 Å². The smallest absolute Gasteiger partial charge is 0.338 e. The highest BCUT2D eigenvalue weighted by atomic mass is 16.5. The van der Waals surface area contributed by atoms with Gasteiger partial charge in [-0.15, -0.1) is 0 Å². The number of Topliss-reactive ketones (excluding diaryl/α,β-unsaturated/α-hetero) is 1. The van der Waals surface area contributed by atoms with Gasteiger partial charge in [-0.05, 0) is 55.2 Å². The molecule has 1 aromatic carbocycles. The number of fused-ring (bicyclic) bond motifs is 1. The van der Waals surface area contributed by atoms with Crippen LogP contribution in [-0.2, 0) is 25.5 Å². The van der Waals surface area contributed by atoms with Crippen molar-refractivity contribution >= 4 is 23.3 Å². The Kier molecular flexibility index (Phi) is 4.53. The van der Waals surface area contributed by atoms with Crippen molar-refractivity contribution in [3.63, 3.8) is 0 Å². The van der Waals surface area contributed by atoms with E-state index >= 15 is 0 Å². The molecule has 26 heavy (non-hydrogen) atoms.